The van der Waals surface area contributed by atoms with Crippen LogP contribution < -0.4 is 20.9 Å². The van der Waals surface area contributed by atoms with Crippen molar-refractivity contribution in [1.29, 1.82) is 0 Å². The minimum Gasteiger partial charge on any atom is -0.371 e. The Labute approximate surface area is 183 Å². The Morgan fingerprint density at radius 1 is 1.13 bits per heavy atom. The van der Waals surface area contributed by atoms with E-state index in [-0.39, 0.29) is 17.8 Å². The number of hydrogen-bond acceptors (Lipinski definition) is 3. The number of piperidine rings is 1. The molecule has 0 unspecified atom stereocenters. The molecule has 1 aliphatic rings. The summed E-state index contributed by atoms with van der Waals surface area (Å²) in [5.74, 6) is 0.115. The van der Waals surface area contributed by atoms with Gasteiger partial charge in [0.2, 0.25) is 0 Å². The fourth-order valence-electron chi connectivity index (χ4n) is 3.48. The number of halogens is 1. The van der Waals surface area contributed by atoms with Crippen LogP contribution in [-0.4, -0.2) is 36.7 Å². The Morgan fingerprint density at radius 3 is 2.47 bits per heavy atom. The SMILES string of the molecule is CC(C)CNC(=O)c1ccccc1N1CCC(NC(=S)Nc2ccc(F)cc2)CC1. The van der Waals surface area contributed by atoms with E-state index < -0.39 is 0 Å². The van der Waals surface area contributed by atoms with Crippen LogP contribution in [0.2, 0.25) is 0 Å². The van der Waals surface area contributed by atoms with Gasteiger partial charge in [-0.25, -0.2) is 4.39 Å². The lowest BCUT2D eigenvalue weighted by atomic mass is 10.0. The average Bonchev–Trinajstić information content (AvgIpc) is 2.74. The van der Waals surface area contributed by atoms with Crippen LogP contribution in [-0.2, 0) is 0 Å². The molecule has 1 aliphatic heterocycles. The molecule has 5 nitrogen and oxygen atoms in total. The van der Waals surface area contributed by atoms with Crippen LogP contribution in [0.15, 0.2) is 48.5 Å². The number of benzene rings is 2. The van der Waals surface area contributed by atoms with Crippen molar-refractivity contribution >= 4 is 34.6 Å². The standard InChI is InChI=1S/C23H29FN4OS/c1-16(2)15-25-22(29)20-5-3-4-6-21(20)28-13-11-19(12-14-28)27-23(30)26-18-9-7-17(24)8-10-18/h3-10,16,19H,11-15H2,1-2H3,(H,25,29)(H2,26,27,30). The lowest BCUT2D eigenvalue weighted by Crippen LogP contribution is -2.46. The second-order valence-corrected chi connectivity index (χ2v) is 8.40. The number of nitrogens with one attached hydrogen (secondary N) is 3. The molecule has 1 fully saturated rings. The summed E-state index contributed by atoms with van der Waals surface area (Å²) in [5.41, 5.74) is 2.45. The van der Waals surface area contributed by atoms with Gasteiger partial charge in [-0.3, -0.25) is 4.79 Å². The lowest BCUT2D eigenvalue weighted by molar-refractivity contribution is 0.0949. The zero-order valence-electron chi connectivity index (χ0n) is 17.5. The van der Waals surface area contributed by atoms with Gasteiger partial charge in [0.1, 0.15) is 5.82 Å². The predicted octanol–water partition coefficient (Wildman–Crippen LogP) is 4.17. The number of carbonyl (C=O) groups is 1. The molecule has 0 saturated carbocycles. The van der Waals surface area contributed by atoms with Crippen molar-refractivity contribution in [3.63, 3.8) is 0 Å². The third-order valence-corrected chi connectivity index (χ3v) is 5.31. The molecule has 1 heterocycles. The van der Waals surface area contributed by atoms with Gasteiger partial charge < -0.3 is 20.9 Å². The second-order valence-electron chi connectivity index (χ2n) is 7.99. The van der Waals surface area contributed by atoms with Crippen molar-refractivity contribution in [1.82, 2.24) is 10.6 Å². The Balaban J connectivity index is 1.53. The molecule has 1 saturated heterocycles. The van der Waals surface area contributed by atoms with E-state index in [0.717, 1.165) is 42.9 Å². The van der Waals surface area contributed by atoms with E-state index in [4.69, 9.17) is 12.2 Å². The molecule has 2 aromatic carbocycles. The molecule has 0 radical (unpaired) electrons. The third kappa shape index (κ3) is 6.16. The molecule has 0 bridgehead atoms. The summed E-state index contributed by atoms with van der Waals surface area (Å²) < 4.78 is 13.0. The smallest absolute Gasteiger partial charge is 0.253 e. The van der Waals surface area contributed by atoms with Gasteiger partial charge >= 0.3 is 0 Å². The van der Waals surface area contributed by atoms with Gasteiger partial charge in [0.25, 0.3) is 5.91 Å². The average molecular weight is 429 g/mol. The van der Waals surface area contributed by atoms with Crippen LogP contribution in [0.25, 0.3) is 0 Å². The number of thiocarbonyl (C=S) groups is 1. The van der Waals surface area contributed by atoms with Crippen molar-refractivity contribution < 1.29 is 9.18 Å². The summed E-state index contributed by atoms with van der Waals surface area (Å²) in [7, 11) is 0. The molecular weight excluding hydrogens is 399 g/mol. The number of hydrogen-bond donors (Lipinski definition) is 3. The van der Waals surface area contributed by atoms with Crippen molar-refractivity contribution in [3.8, 4) is 0 Å². The highest BCUT2D eigenvalue weighted by atomic mass is 32.1. The zero-order valence-corrected chi connectivity index (χ0v) is 18.3. The molecule has 160 valence electrons. The molecule has 0 aliphatic carbocycles. The van der Waals surface area contributed by atoms with Crippen LogP contribution in [0.3, 0.4) is 0 Å². The normalized spacial score (nSPS) is 14.5. The Kier molecular flexibility index (Phi) is 7.63. The molecule has 3 N–H and O–H groups in total. The van der Waals surface area contributed by atoms with Gasteiger partial charge in [0.05, 0.1) is 5.56 Å². The minimum absolute atomic E-state index is 0.0239. The van der Waals surface area contributed by atoms with E-state index in [1.807, 2.05) is 24.3 Å². The number of para-hydroxylation sites is 1. The fourth-order valence-corrected chi connectivity index (χ4v) is 3.77. The minimum atomic E-state index is -0.273. The first kappa shape index (κ1) is 22.0. The van der Waals surface area contributed by atoms with Crippen molar-refractivity contribution in [2.24, 2.45) is 5.92 Å². The predicted molar refractivity (Wildman–Crippen MR) is 125 cm³/mol. The first-order valence-electron chi connectivity index (χ1n) is 10.4. The Bertz CT molecular complexity index is 864. The van der Waals surface area contributed by atoms with Crippen LogP contribution in [0.5, 0.6) is 0 Å². The number of rotatable bonds is 6. The van der Waals surface area contributed by atoms with Gasteiger partial charge in [-0.1, -0.05) is 26.0 Å². The molecule has 7 heteroatoms. The summed E-state index contributed by atoms with van der Waals surface area (Å²) in [6.45, 7) is 6.51. The van der Waals surface area contributed by atoms with Crippen molar-refractivity contribution in [2.45, 2.75) is 32.7 Å². The largest absolute Gasteiger partial charge is 0.371 e. The summed E-state index contributed by atoms with van der Waals surface area (Å²) in [4.78, 5) is 14.9. The number of anilines is 2. The van der Waals surface area contributed by atoms with Gasteiger partial charge in [-0.15, -0.1) is 0 Å². The maximum Gasteiger partial charge on any atom is 0.253 e. The van der Waals surface area contributed by atoms with Crippen molar-refractivity contribution in [3.05, 3.63) is 59.9 Å². The summed E-state index contributed by atoms with van der Waals surface area (Å²) in [6, 6.07) is 14.2. The monoisotopic (exact) mass is 428 g/mol. The molecule has 30 heavy (non-hydrogen) atoms. The van der Waals surface area contributed by atoms with E-state index >= 15 is 0 Å². The highest BCUT2D eigenvalue weighted by molar-refractivity contribution is 7.80. The van der Waals surface area contributed by atoms with E-state index in [1.54, 1.807) is 12.1 Å². The van der Waals surface area contributed by atoms with E-state index in [0.29, 0.717) is 17.6 Å². The first-order valence-corrected chi connectivity index (χ1v) is 10.8. The molecular formula is C23H29FN4OS. The fraction of sp³-hybridized carbons (Fsp3) is 0.391. The first-order chi connectivity index (χ1) is 14.4. The van der Waals surface area contributed by atoms with Crippen LogP contribution >= 0.6 is 12.2 Å². The highest BCUT2D eigenvalue weighted by Gasteiger charge is 2.23. The summed E-state index contributed by atoms with van der Waals surface area (Å²) >= 11 is 5.40. The van der Waals surface area contributed by atoms with E-state index in [1.165, 1.54) is 12.1 Å². The van der Waals surface area contributed by atoms with Crippen LogP contribution in [0.4, 0.5) is 15.8 Å². The van der Waals surface area contributed by atoms with Gasteiger partial charge in [-0.2, -0.15) is 0 Å². The molecule has 3 rings (SSSR count). The topological polar surface area (TPSA) is 56.4 Å². The quantitative estimate of drug-likeness (QED) is 0.603. The third-order valence-electron chi connectivity index (χ3n) is 5.09. The Morgan fingerprint density at radius 2 is 1.80 bits per heavy atom. The molecule has 0 aromatic heterocycles. The highest BCUT2D eigenvalue weighted by Crippen LogP contribution is 2.24. The number of carbonyl (C=O) groups excluding carboxylic acids is 1. The van der Waals surface area contributed by atoms with Crippen LogP contribution in [0.1, 0.15) is 37.0 Å². The molecule has 1 amide bonds. The summed E-state index contributed by atoms with van der Waals surface area (Å²) in [6.07, 6.45) is 1.82. The molecule has 0 spiro atoms. The van der Waals surface area contributed by atoms with Crippen molar-refractivity contribution in [2.75, 3.05) is 29.9 Å². The van der Waals surface area contributed by atoms with Crippen LogP contribution in [0, 0.1) is 11.7 Å². The number of nitrogens with zero attached hydrogens (tertiary/aromatic N) is 1. The van der Waals surface area contributed by atoms with E-state index in [2.05, 4.69) is 34.7 Å². The zero-order chi connectivity index (χ0) is 21.5. The van der Waals surface area contributed by atoms with Gasteiger partial charge in [0, 0.05) is 37.1 Å². The maximum absolute atomic E-state index is 13.0. The van der Waals surface area contributed by atoms with Gasteiger partial charge in [-0.05, 0) is 67.4 Å². The molecule has 0 atom stereocenters. The second kappa shape index (κ2) is 10.4. The molecule has 2 aromatic rings. The maximum atomic E-state index is 13.0. The Hall–Kier alpha value is -2.67. The number of amides is 1. The lowest BCUT2D eigenvalue weighted by Gasteiger charge is -2.35. The van der Waals surface area contributed by atoms with Gasteiger partial charge in [0.15, 0.2) is 5.11 Å². The summed E-state index contributed by atoms with van der Waals surface area (Å²) in [5, 5.41) is 9.99. The van der Waals surface area contributed by atoms with E-state index in [9.17, 15) is 9.18 Å².